The Bertz CT molecular complexity index is 718. The first kappa shape index (κ1) is 17.1. The fourth-order valence-electron chi connectivity index (χ4n) is 2.84. The molecule has 1 unspecified atom stereocenters. The number of benzene rings is 2. The number of rotatable bonds is 5. The maximum Gasteiger partial charge on any atom is 0.225 e. The Labute approximate surface area is 150 Å². The summed E-state index contributed by atoms with van der Waals surface area (Å²) in [7, 11) is 0. The molecule has 1 aliphatic rings. The van der Waals surface area contributed by atoms with Crippen molar-refractivity contribution in [2.24, 2.45) is 5.92 Å². The lowest BCUT2D eigenvalue weighted by molar-refractivity contribution is -0.126. The van der Waals surface area contributed by atoms with Gasteiger partial charge in [0.05, 0.1) is 5.92 Å². The van der Waals surface area contributed by atoms with E-state index in [1.807, 2.05) is 54.6 Å². The highest BCUT2D eigenvalue weighted by molar-refractivity contribution is 8.14. The van der Waals surface area contributed by atoms with E-state index < -0.39 is 0 Å². The predicted octanol–water partition coefficient (Wildman–Crippen LogP) is 4.02. The third-order valence-corrected chi connectivity index (χ3v) is 5.64. The molecule has 1 fully saturated rings. The second kappa shape index (κ2) is 7.86. The lowest BCUT2D eigenvalue weighted by Crippen LogP contribution is -2.33. The molecule has 3 rings (SSSR count). The molecule has 1 saturated heterocycles. The lowest BCUT2D eigenvalue weighted by Gasteiger charge is -2.18. The van der Waals surface area contributed by atoms with Gasteiger partial charge in [-0.3, -0.25) is 9.59 Å². The van der Waals surface area contributed by atoms with Gasteiger partial charge in [0.25, 0.3) is 0 Å². The molecule has 2 atom stereocenters. The van der Waals surface area contributed by atoms with Crippen molar-refractivity contribution in [3.8, 4) is 0 Å². The van der Waals surface area contributed by atoms with Crippen molar-refractivity contribution < 1.29 is 9.59 Å². The van der Waals surface area contributed by atoms with Crippen LogP contribution in [0.15, 0.2) is 54.6 Å². The number of amides is 1. The average Bonchev–Trinajstić information content (AvgIpc) is 2.99. The fourth-order valence-corrected chi connectivity index (χ4v) is 4.21. The number of thioether (sulfide) groups is 1. The molecule has 2 aromatic rings. The number of carbonyl (C=O) groups is 2. The summed E-state index contributed by atoms with van der Waals surface area (Å²) in [6, 6.07) is 17.4. The summed E-state index contributed by atoms with van der Waals surface area (Å²) < 4.78 is 0. The maximum absolute atomic E-state index is 12.5. The van der Waals surface area contributed by atoms with E-state index in [0.29, 0.717) is 18.0 Å². The minimum atomic E-state index is -0.296. The summed E-state index contributed by atoms with van der Waals surface area (Å²) in [5, 5.41) is 3.67. The van der Waals surface area contributed by atoms with Crippen molar-refractivity contribution in [1.82, 2.24) is 5.32 Å². The molecule has 1 N–H and O–H groups in total. The van der Waals surface area contributed by atoms with Crippen molar-refractivity contribution in [2.75, 3.05) is 6.54 Å². The standard InChI is InChI=1S/C19H18ClNO2S/c20-15-8-6-13(7-9-15)10-11-21-19(23)16-12-17(22)24-18(16)14-4-2-1-3-5-14/h1-9,16,18H,10-12H2,(H,21,23)/t16-,18?/m0/s1. The van der Waals surface area contributed by atoms with E-state index in [-0.39, 0.29) is 22.2 Å². The van der Waals surface area contributed by atoms with Crippen molar-refractivity contribution >= 4 is 34.4 Å². The molecule has 124 valence electrons. The zero-order chi connectivity index (χ0) is 16.9. The van der Waals surface area contributed by atoms with E-state index in [1.54, 1.807) is 0 Å². The molecule has 0 bridgehead atoms. The first-order chi connectivity index (χ1) is 11.6. The second-order valence-electron chi connectivity index (χ2n) is 5.80. The van der Waals surface area contributed by atoms with E-state index >= 15 is 0 Å². The van der Waals surface area contributed by atoms with Crippen LogP contribution in [0.4, 0.5) is 0 Å². The first-order valence-electron chi connectivity index (χ1n) is 7.90. The number of hydrogen-bond acceptors (Lipinski definition) is 3. The van der Waals surface area contributed by atoms with Gasteiger partial charge in [0.15, 0.2) is 5.12 Å². The summed E-state index contributed by atoms with van der Waals surface area (Å²) in [5.74, 6) is -0.341. The fraction of sp³-hybridized carbons (Fsp3) is 0.263. The molecular weight excluding hydrogens is 342 g/mol. The molecular formula is C19H18ClNO2S. The molecule has 1 amide bonds. The minimum Gasteiger partial charge on any atom is -0.355 e. The highest BCUT2D eigenvalue weighted by atomic mass is 35.5. The second-order valence-corrected chi connectivity index (χ2v) is 7.43. The van der Waals surface area contributed by atoms with Gasteiger partial charge in [0.1, 0.15) is 0 Å². The Balaban J connectivity index is 1.59. The lowest BCUT2D eigenvalue weighted by atomic mass is 9.95. The van der Waals surface area contributed by atoms with Crippen LogP contribution in [0.25, 0.3) is 0 Å². The Kier molecular flexibility index (Phi) is 5.59. The molecule has 24 heavy (non-hydrogen) atoms. The molecule has 0 aliphatic carbocycles. The van der Waals surface area contributed by atoms with Crippen molar-refractivity contribution in [3.63, 3.8) is 0 Å². The van der Waals surface area contributed by atoms with Gasteiger partial charge in [0.2, 0.25) is 5.91 Å². The van der Waals surface area contributed by atoms with Crippen LogP contribution in [0.3, 0.4) is 0 Å². The number of carbonyl (C=O) groups excluding carboxylic acids is 2. The monoisotopic (exact) mass is 359 g/mol. The Morgan fingerprint density at radius 3 is 2.54 bits per heavy atom. The van der Waals surface area contributed by atoms with Gasteiger partial charge in [-0.15, -0.1) is 0 Å². The van der Waals surface area contributed by atoms with E-state index in [4.69, 9.17) is 11.6 Å². The highest BCUT2D eigenvalue weighted by Gasteiger charge is 2.39. The molecule has 0 aromatic heterocycles. The molecule has 3 nitrogen and oxygen atoms in total. The average molecular weight is 360 g/mol. The van der Waals surface area contributed by atoms with Crippen LogP contribution in [0.5, 0.6) is 0 Å². The molecule has 0 saturated carbocycles. The summed E-state index contributed by atoms with van der Waals surface area (Å²) in [4.78, 5) is 24.4. The van der Waals surface area contributed by atoms with Gasteiger partial charge >= 0.3 is 0 Å². The van der Waals surface area contributed by atoms with Crippen molar-refractivity contribution in [1.29, 1.82) is 0 Å². The number of hydrogen-bond donors (Lipinski definition) is 1. The molecule has 0 spiro atoms. The Hall–Kier alpha value is -1.78. The predicted molar refractivity (Wildman–Crippen MR) is 98.1 cm³/mol. The van der Waals surface area contributed by atoms with Gasteiger partial charge in [-0.05, 0) is 29.7 Å². The summed E-state index contributed by atoms with van der Waals surface area (Å²) in [6.07, 6.45) is 1.05. The SMILES string of the molecule is O=C1C[C@H](C(=O)NCCc2ccc(Cl)cc2)C(c2ccccc2)S1. The molecule has 1 heterocycles. The topological polar surface area (TPSA) is 46.2 Å². The van der Waals surface area contributed by atoms with E-state index in [2.05, 4.69) is 5.32 Å². The zero-order valence-electron chi connectivity index (χ0n) is 13.1. The van der Waals surface area contributed by atoms with Gasteiger partial charge < -0.3 is 5.32 Å². The van der Waals surface area contributed by atoms with Gasteiger partial charge in [-0.25, -0.2) is 0 Å². The largest absolute Gasteiger partial charge is 0.355 e. The van der Waals surface area contributed by atoms with Crippen LogP contribution in [0.1, 0.15) is 22.8 Å². The van der Waals surface area contributed by atoms with Crippen LogP contribution in [-0.4, -0.2) is 17.6 Å². The van der Waals surface area contributed by atoms with Crippen LogP contribution in [0.2, 0.25) is 5.02 Å². The quantitative estimate of drug-likeness (QED) is 0.877. The maximum atomic E-state index is 12.5. The smallest absolute Gasteiger partial charge is 0.225 e. The Morgan fingerprint density at radius 2 is 1.83 bits per heavy atom. The van der Waals surface area contributed by atoms with E-state index in [0.717, 1.165) is 17.5 Å². The van der Waals surface area contributed by atoms with Gasteiger partial charge in [0, 0.05) is 23.2 Å². The van der Waals surface area contributed by atoms with Crippen molar-refractivity contribution in [3.05, 3.63) is 70.7 Å². The first-order valence-corrected chi connectivity index (χ1v) is 9.16. The molecule has 1 aliphatic heterocycles. The minimum absolute atomic E-state index is 0.0452. The van der Waals surface area contributed by atoms with Crippen LogP contribution < -0.4 is 5.32 Å². The molecule has 0 radical (unpaired) electrons. The van der Waals surface area contributed by atoms with Crippen LogP contribution in [-0.2, 0) is 16.0 Å². The zero-order valence-corrected chi connectivity index (χ0v) is 14.6. The number of halogens is 1. The van der Waals surface area contributed by atoms with E-state index in [1.165, 1.54) is 11.8 Å². The Morgan fingerprint density at radius 1 is 1.12 bits per heavy atom. The summed E-state index contributed by atoms with van der Waals surface area (Å²) in [5.41, 5.74) is 2.15. The molecule has 2 aromatic carbocycles. The number of nitrogens with one attached hydrogen (secondary N) is 1. The van der Waals surface area contributed by atoms with Crippen LogP contribution >= 0.6 is 23.4 Å². The van der Waals surface area contributed by atoms with Crippen molar-refractivity contribution in [2.45, 2.75) is 18.1 Å². The normalized spacial score (nSPS) is 20.1. The third kappa shape index (κ3) is 4.19. The third-order valence-electron chi connectivity index (χ3n) is 4.10. The van der Waals surface area contributed by atoms with Gasteiger partial charge in [-0.2, -0.15) is 0 Å². The highest BCUT2D eigenvalue weighted by Crippen LogP contribution is 2.45. The van der Waals surface area contributed by atoms with Crippen LogP contribution in [0, 0.1) is 5.92 Å². The summed E-state index contributed by atoms with van der Waals surface area (Å²) >= 11 is 7.14. The van der Waals surface area contributed by atoms with E-state index in [9.17, 15) is 9.59 Å². The summed E-state index contributed by atoms with van der Waals surface area (Å²) in [6.45, 7) is 0.553. The van der Waals surface area contributed by atoms with Gasteiger partial charge in [-0.1, -0.05) is 65.8 Å². The molecule has 5 heteroatoms.